The Balaban J connectivity index is 1.78. The summed E-state index contributed by atoms with van der Waals surface area (Å²) in [6.07, 6.45) is 1.16. The van der Waals surface area contributed by atoms with Gasteiger partial charge in [0.25, 0.3) is 16.9 Å². The minimum atomic E-state index is -1.04. The molecule has 0 bridgehead atoms. The maximum Gasteiger partial charge on any atom is 0.311 e. The molecule has 29 heavy (non-hydrogen) atoms. The van der Waals surface area contributed by atoms with Gasteiger partial charge in [0.15, 0.2) is 5.75 Å². The number of benzene rings is 1. The molecular formula is C17H20N4O8. The number of ether oxygens (including phenoxy) is 1. The quantitative estimate of drug-likeness (QED) is 0.335. The van der Waals surface area contributed by atoms with Crippen molar-refractivity contribution in [3.63, 3.8) is 0 Å². The van der Waals surface area contributed by atoms with E-state index in [4.69, 9.17) is 4.74 Å². The van der Waals surface area contributed by atoms with Crippen LogP contribution >= 0.6 is 0 Å². The highest BCUT2D eigenvalue weighted by molar-refractivity contribution is 6.22. The van der Waals surface area contributed by atoms with Gasteiger partial charge in [0.1, 0.15) is 12.7 Å². The summed E-state index contributed by atoms with van der Waals surface area (Å²) in [5.41, 5.74) is -0.588. The van der Waals surface area contributed by atoms with Crippen molar-refractivity contribution in [1.29, 1.82) is 0 Å². The molecule has 0 aromatic heterocycles. The smallest absolute Gasteiger partial charge is 0.311 e. The number of rotatable bonds is 9. The van der Waals surface area contributed by atoms with Crippen molar-refractivity contribution < 1.29 is 29.2 Å². The molecule has 0 N–H and O–H groups in total. The molecule has 2 heterocycles. The Kier molecular flexibility index (Phi) is 5.92. The molecule has 2 aliphatic heterocycles. The molecule has 1 atom stereocenters. The number of carbonyl (C=O) groups is 2. The van der Waals surface area contributed by atoms with E-state index in [2.05, 4.69) is 9.74 Å². The Labute approximate surface area is 165 Å². The van der Waals surface area contributed by atoms with Crippen molar-refractivity contribution >= 4 is 17.5 Å². The van der Waals surface area contributed by atoms with Crippen LogP contribution in [0, 0.1) is 20.2 Å². The van der Waals surface area contributed by atoms with Crippen LogP contribution in [0.15, 0.2) is 12.1 Å². The van der Waals surface area contributed by atoms with E-state index in [1.807, 2.05) is 0 Å². The van der Waals surface area contributed by atoms with E-state index in [-0.39, 0.29) is 30.0 Å². The lowest BCUT2D eigenvalue weighted by Crippen LogP contribution is -2.37. The molecule has 0 radical (unpaired) electrons. The van der Waals surface area contributed by atoms with E-state index in [0.29, 0.717) is 6.54 Å². The van der Waals surface area contributed by atoms with Gasteiger partial charge in [-0.05, 0) is 32.9 Å². The van der Waals surface area contributed by atoms with Crippen molar-refractivity contribution in [2.45, 2.75) is 25.9 Å². The predicted molar refractivity (Wildman–Crippen MR) is 97.2 cm³/mol. The second kappa shape index (κ2) is 8.39. The number of fused-ring (bicyclic) bond motifs is 1. The largest absolute Gasteiger partial charge is 0.485 e. The highest BCUT2D eigenvalue weighted by Crippen LogP contribution is 2.35. The second-order valence-electron chi connectivity index (χ2n) is 6.88. The Morgan fingerprint density at radius 2 is 1.72 bits per heavy atom. The van der Waals surface area contributed by atoms with Crippen LogP contribution in [0.1, 0.15) is 40.5 Å². The summed E-state index contributed by atoms with van der Waals surface area (Å²) in [6, 6.07) is 2.20. The molecule has 1 fully saturated rings. The van der Waals surface area contributed by atoms with Crippen molar-refractivity contribution in [3.8, 4) is 5.75 Å². The fourth-order valence-electron chi connectivity index (χ4n) is 3.46. The Morgan fingerprint density at radius 3 is 2.31 bits per heavy atom. The summed E-state index contributed by atoms with van der Waals surface area (Å²) >= 11 is 0. The average Bonchev–Trinajstić information content (AvgIpc) is 3.24. The summed E-state index contributed by atoms with van der Waals surface area (Å²) in [7, 11) is 0. The summed E-state index contributed by atoms with van der Waals surface area (Å²) in [5, 5.41) is 20.8. The molecule has 3 rings (SSSR count). The number of likely N-dealkylation sites (tertiary alicyclic amines) is 1. The van der Waals surface area contributed by atoms with Crippen molar-refractivity contribution in [2.24, 2.45) is 0 Å². The lowest BCUT2D eigenvalue weighted by molar-refractivity contribution is -0.767. The minimum absolute atomic E-state index is 0.0370. The lowest BCUT2D eigenvalue weighted by atomic mass is 10.1. The van der Waals surface area contributed by atoms with Gasteiger partial charge in [-0.15, -0.1) is 10.1 Å². The van der Waals surface area contributed by atoms with Gasteiger partial charge in [0.2, 0.25) is 0 Å². The summed E-state index contributed by atoms with van der Waals surface area (Å²) in [4.78, 5) is 53.6. The first-order valence-electron chi connectivity index (χ1n) is 9.13. The van der Waals surface area contributed by atoms with Crippen LogP contribution in [-0.2, 0) is 4.84 Å². The Morgan fingerprint density at radius 1 is 1.10 bits per heavy atom. The van der Waals surface area contributed by atoms with E-state index >= 15 is 0 Å². The molecule has 0 aliphatic carbocycles. The maximum absolute atomic E-state index is 12.6. The zero-order valence-electron chi connectivity index (χ0n) is 15.7. The van der Waals surface area contributed by atoms with Gasteiger partial charge >= 0.3 is 5.69 Å². The van der Waals surface area contributed by atoms with Crippen LogP contribution in [0.4, 0.5) is 5.69 Å². The number of nitro groups is 1. The summed E-state index contributed by atoms with van der Waals surface area (Å²) in [6.45, 7) is 3.68. The topological polar surface area (TPSA) is 145 Å². The fourth-order valence-corrected chi connectivity index (χ4v) is 3.46. The SMILES string of the molecule is CC(CN1C(=O)c2cc(OCCN3CCCC3)c([N+](=O)[O-])cc2C1=O)O[N+](=O)[O-]. The number of imide groups is 1. The van der Waals surface area contributed by atoms with Gasteiger partial charge in [0.05, 0.1) is 22.6 Å². The van der Waals surface area contributed by atoms with Gasteiger partial charge in [-0.3, -0.25) is 29.5 Å². The second-order valence-corrected chi connectivity index (χ2v) is 6.88. The summed E-state index contributed by atoms with van der Waals surface area (Å²) < 4.78 is 5.56. The van der Waals surface area contributed by atoms with Gasteiger partial charge in [-0.2, -0.15) is 0 Å². The van der Waals surface area contributed by atoms with Gasteiger partial charge in [-0.25, -0.2) is 0 Å². The normalized spacial score (nSPS) is 17.3. The molecule has 156 valence electrons. The zero-order valence-corrected chi connectivity index (χ0v) is 15.7. The highest BCUT2D eigenvalue weighted by atomic mass is 17.0. The van der Waals surface area contributed by atoms with Crippen molar-refractivity contribution in [3.05, 3.63) is 43.5 Å². The molecular weight excluding hydrogens is 388 g/mol. The first kappa shape index (κ1) is 20.5. The molecule has 1 aromatic rings. The van der Waals surface area contributed by atoms with Crippen LogP contribution in [0.3, 0.4) is 0 Å². The third kappa shape index (κ3) is 4.42. The lowest BCUT2D eigenvalue weighted by Gasteiger charge is -2.17. The third-order valence-corrected chi connectivity index (χ3v) is 4.82. The standard InChI is InChI=1S/C17H20N4O8/c1-11(29-21(26)27)10-19-16(22)12-8-14(20(24)25)15(9-13(12)17(19)23)28-7-6-18-4-2-3-5-18/h8-9,11H,2-7,10H2,1H3. The number of nitro benzene ring substituents is 1. The average molecular weight is 408 g/mol. The van der Waals surface area contributed by atoms with E-state index in [1.165, 1.54) is 13.0 Å². The highest BCUT2D eigenvalue weighted by Gasteiger charge is 2.39. The van der Waals surface area contributed by atoms with Gasteiger partial charge < -0.3 is 9.57 Å². The molecule has 1 aromatic carbocycles. The Hall–Kier alpha value is -3.28. The van der Waals surface area contributed by atoms with Crippen LogP contribution in [0.5, 0.6) is 5.75 Å². The number of hydrogen-bond donors (Lipinski definition) is 0. The maximum atomic E-state index is 12.6. The van der Waals surface area contributed by atoms with Gasteiger partial charge in [0, 0.05) is 18.7 Å². The van der Waals surface area contributed by atoms with Crippen LogP contribution in [0.25, 0.3) is 0 Å². The predicted octanol–water partition coefficient (Wildman–Crippen LogP) is 1.26. The van der Waals surface area contributed by atoms with Gasteiger partial charge in [-0.1, -0.05) is 0 Å². The van der Waals surface area contributed by atoms with Crippen molar-refractivity contribution in [2.75, 3.05) is 32.8 Å². The molecule has 12 heteroatoms. The molecule has 1 saturated heterocycles. The number of amides is 2. The van der Waals surface area contributed by atoms with E-state index in [9.17, 15) is 29.8 Å². The summed E-state index contributed by atoms with van der Waals surface area (Å²) in [5.74, 6) is -1.57. The van der Waals surface area contributed by atoms with Crippen molar-refractivity contribution in [1.82, 2.24) is 9.80 Å². The molecule has 0 spiro atoms. The molecule has 1 unspecified atom stereocenters. The molecule has 2 aliphatic rings. The third-order valence-electron chi connectivity index (χ3n) is 4.82. The molecule has 2 amide bonds. The number of hydrogen-bond acceptors (Lipinski definition) is 9. The fraction of sp³-hybridized carbons (Fsp3) is 0.529. The first-order chi connectivity index (χ1) is 13.8. The van der Waals surface area contributed by atoms with E-state index in [0.717, 1.165) is 36.9 Å². The minimum Gasteiger partial charge on any atom is -0.485 e. The molecule has 12 nitrogen and oxygen atoms in total. The van der Waals surface area contributed by atoms with Crippen LogP contribution in [0.2, 0.25) is 0 Å². The monoisotopic (exact) mass is 408 g/mol. The number of nitrogens with zero attached hydrogens (tertiary/aromatic N) is 4. The number of carbonyl (C=O) groups excluding carboxylic acids is 2. The first-order valence-corrected chi connectivity index (χ1v) is 9.13. The van der Waals surface area contributed by atoms with Crippen LogP contribution in [-0.4, -0.2) is 70.5 Å². The van der Waals surface area contributed by atoms with Crippen LogP contribution < -0.4 is 4.74 Å². The Bertz CT molecular complexity index is 852. The van der Waals surface area contributed by atoms with E-state index in [1.54, 1.807) is 0 Å². The van der Waals surface area contributed by atoms with E-state index < -0.39 is 33.6 Å². The molecule has 0 saturated carbocycles. The zero-order chi connectivity index (χ0) is 21.1.